The van der Waals surface area contributed by atoms with E-state index in [0.29, 0.717) is 13.2 Å². The monoisotopic (exact) mass is 237 g/mol. The highest BCUT2D eigenvalue weighted by Crippen LogP contribution is 2.26. The third-order valence-corrected chi connectivity index (χ3v) is 3.40. The summed E-state index contributed by atoms with van der Waals surface area (Å²) in [7, 11) is 0. The van der Waals surface area contributed by atoms with Crippen molar-refractivity contribution in [2.24, 2.45) is 5.73 Å². The molecule has 1 aliphatic carbocycles. The van der Waals surface area contributed by atoms with Gasteiger partial charge in [0.2, 0.25) is 0 Å². The Morgan fingerprint density at radius 2 is 2.00 bits per heavy atom. The van der Waals surface area contributed by atoms with Crippen molar-refractivity contribution in [2.45, 2.75) is 44.2 Å². The molecule has 1 saturated carbocycles. The van der Waals surface area contributed by atoms with E-state index < -0.39 is 0 Å². The number of hydrogen-bond donors (Lipinski definition) is 1. The van der Waals surface area contributed by atoms with Crippen molar-refractivity contribution in [1.29, 1.82) is 0 Å². The Labute approximate surface area is 102 Å². The van der Waals surface area contributed by atoms with Crippen LogP contribution in [-0.4, -0.2) is 12.1 Å². The maximum absolute atomic E-state index is 12.9. The predicted octanol–water partition coefficient (Wildman–Crippen LogP) is 3.00. The molecule has 0 atom stereocenters. The van der Waals surface area contributed by atoms with Gasteiger partial charge < -0.3 is 10.5 Å². The smallest absolute Gasteiger partial charge is 0.123 e. The van der Waals surface area contributed by atoms with E-state index in [4.69, 9.17) is 10.5 Å². The van der Waals surface area contributed by atoms with E-state index in [0.717, 1.165) is 18.4 Å². The highest BCUT2D eigenvalue weighted by molar-refractivity contribution is 5.15. The number of ether oxygens (including phenoxy) is 1. The van der Waals surface area contributed by atoms with Crippen LogP contribution in [0, 0.1) is 5.82 Å². The zero-order valence-corrected chi connectivity index (χ0v) is 10.1. The topological polar surface area (TPSA) is 35.2 Å². The minimum atomic E-state index is -0.216. The molecule has 3 heteroatoms. The average molecular weight is 237 g/mol. The lowest BCUT2D eigenvalue weighted by atomic mass is 9.83. The lowest BCUT2D eigenvalue weighted by molar-refractivity contribution is 0.0573. The molecule has 0 radical (unpaired) electrons. The Hall–Kier alpha value is -0.930. The van der Waals surface area contributed by atoms with Gasteiger partial charge >= 0.3 is 0 Å². The van der Waals surface area contributed by atoms with Gasteiger partial charge in [-0.2, -0.15) is 0 Å². The molecule has 0 aromatic heterocycles. The second kappa shape index (κ2) is 5.61. The first kappa shape index (κ1) is 12.5. The SMILES string of the molecule is NC1(COCc2cccc(F)c2)CCCCC1. The normalized spacial score (nSPS) is 19.2. The molecule has 2 nitrogen and oxygen atoms in total. The van der Waals surface area contributed by atoms with Gasteiger partial charge in [0.05, 0.1) is 13.2 Å². The first-order valence-electron chi connectivity index (χ1n) is 6.29. The number of hydrogen-bond acceptors (Lipinski definition) is 2. The van der Waals surface area contributed by atoms with Crippen LogP contribution in [0.3, 0.4) is 0 Å². The van der Waals surface area contributed by atoms with E-state index in [9.17, 15) is 4.39 Å². The van der Waals surface area contributed by atoms with E-state index in [1.165, 1.54) is 31.4 Å². The van der Waals surface area contributed by atoms with Crippen LogP contribution in [-0.2, 0) is 11.3 Å². The summed E-state index contributed by atoms with van der Waals surface area (Å²) in [5.74, 6) is -0.216. The summed E-state index contributed by atoms with van der Waals surface area (Å²) in [6.45, 7) is 1.01. The highest BCUT2D eigenvalue weighted by Gasteiger charge is 2.27. The fraction of sp³-hybridized carbons (Fsp3) is 0.571. The van der Waals surface area contributed by atoms with Gasteiger partial charge in [0, 0.05) is 5.54 Å². The fourth-order valence-electron chi connectivity index (χ4n) is 2.40. The van der Waals surface area contributed by atoms with Gasteiger partial charge in [-0.1, -0.05) is 31.4 Å². The third kappa shape index (κ3) is 3.79. The van der Waals surface area contributed by atoms with Gasteiger partial charge in [-0.15, -0.1) is 0 Å². The molecule has 0 saturated heterocycles. The van der Waals surface area contributed by atoms with Gasteiger partial charge in [-0.05, 0) is 30.5 Å². The van der Waals surface area contributed by atoms with Crippen LogP contribution in [0.1, 0.15) is 37.7 Å². The van der Waals surface area contributed by atoms with Gasteiger partial charge in [0.1, 0.15) is 5.82 Å². The number of nitrogens with two attached hydrogens (primary N) is 1. The molecule has 1 aromatic carbocycles. The predicted molar refractivity (Wildman–Crippen MR) is 66.1 cm³/mol. The first-order valence-corrected chi connectivity index (χ1v) is 6.29. The van der Waals surface area contributed by atoms with Crippen LogP contribution in [0.15, 0.2) is 24.3 Å². The molecule has 0 unspecified atom stereocenters. The summed E-state index contributed by atoms with van der Waals surface area (Å²) >= 11 is 0. The molecule has 1 aromatic rings. The first-order chi connectivity index (χ1) is 8.18. The molecule has 2 N–H and O–H groups in total. The van der Waals surface area contributed by atoms with Crippen molar-refractivity contribution in [2.75, 3.05) is 6.61 Å². The lowest BCUT2D eigenvalue weighted by Gasteiger charge is -2.33. The number of rotatable bonds is 4. The minimum Gasteiger partial charge on any atom is -0.375 e. The maximum atomic E-state index is 12.9. The second-order valence-electron chi connectivity index (χ2n) is 5.05. The fourth-order valence-corrected chi connectivity index (χ4v) is 2.40. The maximum Gasteiger partial charge on any atom is 0.123 e. The lowest BCUT2D eigenvalue weighted by Crippen LogP contribution is -2.46. The molecule has 0 spiro atoms. The van der Waals surface area contributed by atoms with Crippen LogP contribution in [0.4, 0.5) is 4.39 Å². The molecule has 0 bridgehead atoms. The molecule has 1 aliphatic rings. The molecule has 1 fully saturated rings. The van der Waals surface area contributed by atoms with Crippen LogP contribution < -0.4 is 5.73 Å². The van der Waals surface area contributed by atoms with Crippen LogP contribution in [0.25, 0.3) is 0 Å². The van der Waals surface area contributed by atoms with Crippen molar-refractivity contribution in [3.8, 4) is 0 Å². The molecule has 17 heavy (non-hydrogen) atoms. The summed E-state index contributed by atoms with van der Waals surface area (Å²) < 4.78 is 18.6. The van der Waals surface area contributed by atoms with Crippen molar-refractivity contribution in [3.63, 3.8) is 0 Å². The zero-order valence-electron chi connectivity index (χ0n) is 10.1. The zero-order chi connectivity index (χ0) is 12.1. The van der Waals surface area contributed by atoms with Gasteiger partial charge in [0.25, 0.3) is 0 Å². The molecule has 94 valence electrons. The van der Waals surface area contributed by atoms with Gasteiger partial charge in [-0.3, -0.25) is 0 Å². The van der Waals surface area contributed by atoms with Gasteiger partial charge in [-0.25, -0.2) is 4.39 Å². The molecule has 2 rings (SSSR count). The quantitative estimate of drug-likeness (QED) is 0.873. The summed E-state index contributed by atoms with van der Waals surface area (Å²) in [5.41, 5.74) is 6.96. The summed E-state index contributed by atoms with van der Waals surface area (Å²) in [6.07, 6.45) is 5.74. The van der Waals surface area contributed by atoms with Crippen molar-refractivity contribution in [3.05, 3.63) is 35.6 Å². The third-order valence-electron chi connectivity index (χ3n) is 3.40. The highest BCUT2D eigenvalue weighted by atomic mass is 19.1. The van der Waals surface area contributed by atoms with Crippen molar-refractivity contribution in [1.82, 2.24) is 0 Å². The van der Waals surface area contributed by atoms with E-state index in [-0.39, 0.29) is 11.4 Å². The minimum absolute atomic E-state index is 0.161. The van der Waals surface area contributed by atoms with Crippen LogP contribution in [0.2, 0.25) is 0 Å². The molecule has 0 amide bonds. The molecule has 0 aliphatic heterocycles. The number of benzene rings is 1. The van der Waals surface area contributed by atoms with Crippen molar-refractivity contribution < 1.29 is 9.13 Å². The largest absolute Gasteiger partial charge is 0.375 e. The summed E-state index contributed by atoms with van der Waals surface area (Å²) in [6, 6.07) is 6.51. The number of halogens is 1. The molecular weight excluding hydrogens is 217 g/mol. The van der Waals surface area contributed by atoms with Crippen LogP contribution >= 0.6 is 0 Å². The van der Waals surface area contributed by atoms with Crippen LogP contribution in [0.5, 0.6) is 0 Å². The summed E-state index contributed by atoms with van der Waals surface area (Å²) in [4.78, 5) is 0. The Kier molecular flexibility index (Phi) is 4.13. The Morgan fingerprint density at radius 1 is 1.24 bits per heavy atom. The second-order valence-corrected chi connectivity index (χ2v) is 5.05. The van der Waals surface area contributed by atoms with E-state index in [1.54, 1.807) is 6.07 Å². The Morgan fingerprint density at radius 3 is 2.71 bits per heavy atom. The van der Waals surface area contributed by atoms with E-state index in [1.807, 2.05) is 6.07 Å². The van der Waals surface area contributed by atoms with E-state index in [2.05, 4.69) is 0 Å². The standard InChI is InChI=1S/C14H20FNO/c15-13-6-4-5-12(9-13)10-17-11-14(16)7-2-1-3-8-14/h4-6,9H,1-3,7-8,10-11,16H2. The Bertz CT molecular complexity index is 361. The van der Waals surface area contributed by atoms with E-state index >= 15 is 0 Å². The average Bonchev–Trinajstić information content (AvgIpc) is 2.30. The Balaban J connectivity index is 1.79. The molecular formula is C14H20FNO. The molecule has 0 heterocycles. The van der Waals surface area contributed by atoms with Gasteiger partial charge in [0.15, 0.2) is 0 Å². The summed E-state index contributed by atoms with van der Waals surface area (Å²) in [5, 5.41) is 0. The van der Waals surface area contributed by atoms with Crippen molar-refractivity contribution >= 4 is 0 Å².